The van der Waals surface area contributed by atoms with Crippen LogP contribution in [0.2, 0.25) is 0 Å². The van der Waals surface area contributed by atoms with Crippen LogP contribution in [0, 0.1) is 0 Å². The smallest absolute Gasteiger partial charge is 0.221 e. The maximum absolute atomic E-state index is 11.1. The van der Waals surface area contributed by atoms with Crippen LogP contribution in [0.4, 0.5) is 5.69 Å². The minimum Gasteiger partial charge on any atom is -0.381 e. The average molecular weight is 290 g/mol. The summed E-state index contributed by atoms with van der Waals surface area (Å²) in [5.74, 6) is -0.0389. The summed E-state index contributed by atoms with van der Waals surface area (Å²) in [6.07, 6.45) is 5.05. The van der Waals surface area contributed by atoms with Gasteiger partial charge in [0.15, 0.2) is 0 Å². The first kappa shape index (κ1) is 16.0. The first-order valence-electron chi connectivity index (χ1n) is 7.75. The van der Waals surface area contributed by atoms with E-state index in [1.165, 1.54) is 31.7 Å². The van der Waals surface area contributed by atoms with Gasteiger partial charge in [0.1, 0.15) is 0 Å². The topological polar surface area (TPSA) is 50.4 Å². The molecule has 0 aromatic heterocycles. The molecule has 0 heterocycles. The van der Waals surface area contributed by atoms with Gasteiger partial charge in [0.2, 0.25) is 5.91 Å². The molecule has 1 aliphatic carbocycles. The molecule has 1 aliphatic rings. The molecule has 4 nitrogen and oxygen atoms in total. The van der Waals surface area contributed by atoms with Gasteiger partial charge in [0, 0.05) is 31.8 Å². The number of methoxy groups -OCH3 is 1. The molecule has 1 aromatic carbocycles. The van der Waals surface area contributed by atoms with Gasteiger partial charge in [0.25, 0.3) is 0 Å². The number of nitrogens with one attached hydrogen (secondary N) is 2. The minimum atomic E-state index is -0.0389. The molecule has 1 aromatic rings. The molecule has 4 heteroatoms. The van der Waals surface area contributed by atoms with Crippen molar-refractivity contribution in [2.24, 2.45) is 0 Å². The standard InChI is InChI=1S/C17H26N2O2/c1-12(18-16-8-5-9-17(11-16)21-3)14-6-4-7-15(10-14)19-13(2)20/h4,6-7,10,12,16-18H,5,8-9,11H2,1-3H3,(H,19,20). The van der Waals surface area contributed by atoms with E-state index >= 15 is 0 Å². The van der Waals surface area contributed by atoms with E-state index in [-0.39, 0.29) is 11.9 Å². The predicted molar refractivity (Wildman–Crippen MR) is 85.3 cm³/mol. The van der Waals surface area contributed by atoms with Gasteiger partial charge in [-0.15, -0.1) is 0 Å². The van der Waals surface area contributed by atoms with E-state index in [1.807, 2.05) is 18.2 Å². The van der Waals surface area contributed by atoms with Gasteiger partial charge in [-0.05, 0) is 50.3 Å². The molecule has 116 valence electrons. The molecule has 1 saturated carbocycles. The number of ether oxygens (including phenoxy) is 1. The zero-order valence-corrected chi connectivity index (χ0v) is 13.2. The van der Waals surface area contributed by atoms with Crippen LogP contribution in [0.1, 0.15) is 51.1 Å². The molecule has 1 fully saturated rings. The molecule has 0 aliphatic heterocycles. The van der Waals surface area contributed by atoms with E-state index < -0.39 is 0 Å². The molecule has 0 bridgehead atoms. The Morgan fingerprint density at radius 2 is 2.19 bits per heavy atom. The zero-order valence-electron chi connectivity index (χ0n) is 13.2. The highest BCUT2D eigenvalue weighted by Crippen LogP contribution is 2.24. The van der Waals surface area contributed by atoms with Gasteiger partial charge in [-0.3, -0.25) is 4.79 Å². The molecule has 2 N–H and O–H groups in total. The second-order valence-electron chi connectivity index (χ2n) is 5.92. The van der Waals surface area contributed by atoms with Crippen LogP contribution in [0.3, 0.4) is 0 Å². The van der Waals surface area contributed by atoms with Crippen LogP contribution in [0.15, 0.2) is 24.3 Å². The second-order valence-corrected chi connectivity index (χ2v) is 5.92. The molecular formula is C17H26N2O2. The summed E-state index contributed by atoms with van der Waals surface area (Å²) >= 11 is 0. The van der Waals surface area contributed by atoms with Crippen LogP contribution in [-0.2, 0) is 9.53 Å². The summed E-state index contributed by atoms with van der Waals surface area (Å²) in [7, 11) is 1.80. The van der Waals surface area contributed by atoms with Gasteiger partial charge >= 0.3 is 0 Å². The molecule has 0 spiro atoms. The summed E-state index contributed by atoms with van der Waals surface area (Å²) < 4.78 is 5.48. The number of hydrogen-bond donors (Lipinski definition) is 2. The van der Waals surface area contributed by atoms with Crippen molar-refractivity contribution in [3.8, 4) is 0 Å². The number of carbonyl (C=O) groups is 1. The number of hydrogen-bond acceptors (Lipinski definition) is 3. The van der Waals surface area contributed by atoms with E-state index in [2.05, 4.69) is 23.6 Å². The second kappa shape index (κ2) is 7.57. The van der Waals surface area contributed by atoms with Gasteiger partial charge in [-0.1, -0.05) is 12.1 Å². The van der Waals surface area contributed by atoms with Crippen LogP contribution in [0.5, 0.6) is 0 Å². The van der Waals surface area contributed by atoms with Crippen molar-refractivity contribution in [3.63, 3.8) is 0 Å². The van der Waals surface area contributed by atoms with E-state index in [4.69, 9.17) is 4.74 Å². The largest absolute Gasteiger partial charge is 0.381 e. The van der Waals surface area contributed by atoms with Crippen molar-refractivity contribution >= 4 is 11.6 Å². The Hall–Kier alpha value is -1.39. The zero-order chi connectivity index (χ0) is 15.2. The summed E-state index contributed by atoms with van der Waals surface area (Å²) in [5.41, 5.74) is 2.05. The minimum absolute atomic E-state index is 0.0389. The van der Waals surface area contributed by atoms with Crippen LogP contribution >= 0.6 is 0 Å². The van der Waals surface area contributed by atoms with Crippen molar-refractivity contribution in [1.82, 2.24) is 5.32 Å². The monoisotopic (exact) mass is 290 g/mol. The third-order valence-electron chi connectivity index (χ3n) is 4.15. The Labute approximate surface area is 127 Å². The summed E-state index contributed by atoms with van der Waals surface area (Å²) in [5, 5.41) is 6.52. The van der Waals surface area contributed by atoms with Crippen LogP contribution < -0.4 is 10.6 Å². The van der Waals surface area contributed by atoms with Crippen molar-refractivity contribution in [2.75, 3.05) is 12.4 Å². The third kappa shape index (κ3) is 4.83. The quantitative estimate of drug-likeness (QED) is 0.875. The molecule has 3 atom stereocenters. The molecule has 3 unspecified atom stereocenters. The summed E-state index contributed by atoms with van der Waals surface area (Å²) in [4.78, 5) is 11.1. The fraction of sp³-hybridized carbons (Fsp3) is 0.588. The molecule has 2 rings (SSSR count). The highest BCUT2D eigenvalue weighted by molar-refractivity contribution is 5.88. The Kier molecular flexibility index (Phi) is 5.76. The number of benzene rings is 1. The van der Waals surface area contributed by atoms with Gasteiger partial charge < -0.3 is 15.4 Å². The van der Waals surface area contributed by atoms with Crippen molar-refractivity contribution in [1.29, 1.82) is 0 Å². The first-order chi connectivity index (χ1) is 10.1. The van der Waals surface area contributed by atoms with E-state index in [0.717, 1.165) is 12.1 Å². The fourth-order valence-electron chi connectivity index (χ4n) is 3.05. The lowest BCUT2D eigenvalue weighted by molar-refractivity contribution is -0.114. The van der Waals surface area contributed by atoms with Crippen molar-refractivity contribution in [3.05, 3.63) is 29.8 Å². The first-order valence-corrected chi connectivity index (χ1v) is 7.75. The number of carbonyl (C=O) groups excluding carboxylic acids is 1. The lowest BCUT2D eigenvalue weighted by Gasteiger charge is -2.31. The van der Waals surface area contributed by atoms with Crippen LogP contribution in [-0.4, -0.2) is 25.2 Å². The van der Waals surface area contributed by atoms with E-state index in [0.29, 0.717) is 12.1 Å². The van der Waals surface area contributed by atoms with Gasteiger partial charge in [-0.2, -0.15) is 0 Å². The number of rotatable bonds is 5. The Balaban J connectivity index is 1.96. The van der Waals surface area contributed by atoms with Crippen molar-refractivity contribution < 1.29 is 9.53 Å². The summed E-state index contributed by atoms with van der Waals surface area (Å²) in [6, 6.07) is 8.80. The number of anilines is 1. The lowest BCUT2D eigenvalue weighted by Crippen LogP contribution is -2.38. The Morgan fingerprint density at radius 1 is 1.38 bits per heavy atom. The highest BCUT2D eigenvalue weighted by Gasteiger charge is 2.23. The lowest BCUT2D eigenvalue weighted by atomic mass is 9.92. The molecule has 1 amide bonds. The normalized spacial score (nSPS) is 23.6. The predicted octanol–water partition coefficient (Wildman–Crippen LogP) is 3.25. The number of amides is 1. The fourth-order valence-corrected chi connectivity index (χ4v) is 3.05. The van der Waals surface area contributed by atoms with Gasteiger partial charge in [0.05, 0.1) is 6.10 Å². The highest BCUT2D eigenvalue weighted by atomic mass is 16.5. The Bertz CT molecular complexity index is 476. The van der Waals surface area contributed by atoms with Crippen LogP contribution in [0.25, 0.3) is 0 Å². The molecule has 0 radical (unpaired) electrons. The average Bonchev–Trinajstić information content (AvgIpc) is 2.47. The maximum atomic E-state index is 11.1. The van der Waals surface area contributed by atoms with Gasteiger partial charge in [-0.25, -0.2) is 0 Å². The Morgan fingerprint density at radius 3 is 2.90 bits per heavy atom. The SMILES string of the molecule is COC1CCCC(NC(C)c2cccc(NC(C)=O)c2)C1. The molecule has 21 heavy (non-hydrogen) atoms. The molecular weight excluding hydrogens is 264 g/mol. The third-order valence-corrected chi connectivity index (χ3v) is 4.15. The summed E-state index contributed by atoms with van der Waals surface area (Å²) in [6.45, 7) is 3.70. The molecule has 0 saturated heterocycles. The van der Waals surface area contributed by atoms with E-state index in [1.54, 1.807) is 7.11 Å². The van der Waals surface area contributed by atoms with Crippen molar-refractivity contribution in [2.45, 2.75) is 57.7 Å². The van der Waals surface area contributed by atoms with E-state index in [9.17, 15) is 4.79 Å². The maximum Gasteiger partial charge on any atom is 0.221 e.